The van der Waals surface area contributed by atoms with Crippen molar-refractivity contribution in [1.29, 1.82) is 0 Å². The summed E-state index contributed by atoms with van der Waals surface area (Å²) >= 11 is 3.43. The summed E-state index contributed by atoms with van der Waals surface area (Å²) in [5.74, 6) is -1.07. The summed E-state index contributed by atoms with van der Waals surface area (Å²) in [7, 11) is -2.86. The van der Waals surface area contributed by atoms with Gasteiger partial charge in [-0.25, -0.2) is 8.42 Å². The molecule has 3 aromatic carbocycles. The predicted octanol–water partition coefficient (Wildman–Crippen LogP) is 4.30. The van der Waals surface area contributed by atoms with Gasteiger partial charge in [0.2, 0.25) is 21.8 Å². The summed E-state index contributed by atoms with van der Waals surface area (Å²) in [5, 5.41) is 14.4. The van der Waals surface area contributed by atoms with Crippen LogP contribution in [0, 0.1) is 10.1 Å². The number of hydrogen-bond donors (Lipinski definition) is 1. The smallest absolute Gasteiger partial charge is 0.271 e. The van der Waals surface area contributed by atoms with E-state index in [-0.39, 0.29) is 36.1 Å². The molecule has 0 aliphatic heterocycles. The van der Waals surface area contributed by atoms with Gasteiger partial charge in [-0.15, -0.1) is 0 Å². The molecule has 11 nitrogen and oxygen atoms in total. The Balaban J connectivity index is 2.13. The van der Waals surface area contributed by atoms with E-state index in [9.17, 15) is 28.1 Å². The highest BCUT2D eigenvalue weighted by Crippen LogP contribution is 2.34. The van der Waals surface area contributed by atoms with Crippen molar-refractivity contribution in [2.24, 2.45) is 0 Å². The van der Waals surface area contributed by atoms with Gasteiger partial charge in [-0.1, -0.05) is 58.4 Å². The van der Waals surface area contributed by atoms with E-state index in [1.54, 1.807) is 32.0 Å². The standard InChI is InChI=1S/C29H33BrN4O7S/c1-20(2)31-29(36)26(16-21-9-6-5-7-10-21)32(18-22-11-8-12-23(30)15-22)28(35)19-33(42(4,39)40)25-17-24(34(37)38)13-14-27(25)41-3/h5-15,17,20,26H,16,18-19H2,1-4H3,(H,31,36). The Morgan fingerprint density at radius 1 is 1.02 bits per heavy atom. The molecule has 2 amide bonds. The number of rotatable bonds is 13. The number of halogens is 1. The van der Waals surface area contributed by atoms with Gasteiger partial charge in [0.1, 0.15) is 24.0 Å². The van der Waals surface area contributed by atoms with Gasteiger partial charge in [-0.3, -0.25) is 24.0 Å². The fraction of sp³-hybridized carbons (Fsp3) is 0.310. The monoisotopic (exact) mass is 660 g/mol. The zero-order valence-electron chi connectivity index (χ0n) is 23.7. The number of hydrogen-bond acceptors (Lipinski definition) is 7. The second-order valence-electron chi connectivity index (χ2n) is 9.90. The number of carbonyl (C=O) groups is 2. The lowest BCUT2D eigenvalue weighted by Gasteiger charge is -2.34. The maximum Gasteiger partial charge on any atom is 0.271 e. The number of anilines is 1. The van der Waals surface area contributed by atoms with Crippen molar-refractivity contribution in [2.45, 2.75) is 38.9 Å². The molecule has 0 aliphatic rings. The number of amides is 2. The van der Waals surface area contributed by atoms with Crippen LogP contribution in [0.3, 0.4) is 0 Å². The number of nitrogens with zero attached hydrogens (tertiary/aromatic N) is 3. The van der Waals surface area contributed by atoms with Crippen molar-refractivity contribution < 1.29 is 27.7 Å². The van der Waals surface area contributed by atoms with Crippen molar-refractivity contribution in [3.8, 4) is 5.75 Å². The molecule has 0 aliphatic carbocycles. The van der Waals surface area contributed by atoms with Crippen LogP contribution < -0.4 is 14.4 Å². The number of ether oxygens (including phenoxy) is 1. The van der Waals surface area contributed by atoms with Crippen LogP contribution in [0.5, 0.6) is 5.75 Å². The molecule has 0 saturated carbocycles. The summed E-state index contributed by atoms with van der Waals surface area (Å²) in [5.41, 5.74) is 0.952. The molecule has 0 heterocycles. The van der Waals surface area contributed by atoms with E-state index in [1.807, 2.05) is 36.4 Å². The number of nitro groups is 1. The third kappa shape index (κ3) is 8.76. The largest absolute Gasteiger partial charge is 0.495 e. The van der Waals surface area contributed by atoms with Crippen LogP contribution in [0.4, 0.5) is 11.4 Å². The van der Waals surface area contributed by atoms with Crippen LogP contribution in [0.2, 0.25) is 0 Å². The second-order valence-corrected chi connectivity index (χ2v) is 12.7. The topological polar surface area (TPSA) is 139 Å². The number of nitro benzene ring substituents is 1. The van der Waals surface area contributed by atoms with Crippen LogP contribution in [-0.2, 0) is 32.6 Å². The number of nitrogens with one attached hydrogen (secondary N) is 1. The van der Waals surface area contributed by atoms with Crippen LogP contribution in [-0.4, -0.2) is 62.0 Å². The van der Waals surface area contributed by atoms with Crippen molar-refractivity contribution in [3.63, 3.8) is 0 Å². The number of methoxy groups -OCH3 is 1. The number of carbonyl (C=O) groups excluding carboxylic acids is 2. The van der Waals surface area contributed by atoms with Crippen molar-refractivity contribution in [3.05, 3.63) is 98.5 Å². The number of sulfonamides is 1. The maximum absolute atomic E-state index is 14.2. The molecule has 0 radical (unpaired) electrons. The zero-order chi connectivity index (χ0) is 31.0. The van der Waals surface area contributed by atoms with Crippen LogP contribution in [0.25, 0.3) is 0 Å². The first-order valence-corrected chi connectivity index (χ1v) is 15.6. The van der Waals surface area contributed by atoms with Gasteiger partial charge >= 0.3 is 0 Å². The Bertz CT molecular complexity index is 1530. The molecule has 0 fully saturated rings. The molecule has 0 saturated heterocycles. The molecule has 1 atom stereocenters. The molecule has 0 aromatic heterocycles. The Labute approximate surface area is 253 Å². The van der Waals surface area contributed by atoms with Gasteiger partial charge in [0, 0.05) is 35.6 Å². The molecule has 1 N–H and O–H groups in total. The quantitative estimate of drug-likeness (QED) is 0.213. The zero-order valence-corrected chi connectivity index (χ0v) is 26.1. The lowest BCUT2D eigenvalue weighted by Crippen LogP contribution is -2.54. The third-order valence-electron chi connectivity index (χ3n) is 6.27. The number of benzene rings is 3. The average Bonchev–Trinajstić information content (AvgIpc) is 2.92. The Kier molecular flexibility index (Phi) is 11.1. The van der Waals surface area contributed by atoms with Crippen molar-refractivity contribution >= 4 is 49.1 Å². The van der Waals surface area contributed by atoms with Gasteiger partial charge in [-0.05, 0) is 43.2 Å². The van der Waals surface area contributed by atoms with E-state index >= 15 is 0 Å². The van der Waals surface area contributed by atoms with E-state index < -0.39 is 39.3 Å². The third-order valence-corrected chi connectivity index (χ3v) is 7.88. The summed E-state index contributed by atoms with van der Waals surface area (Å²) in [6.07, 6.45) is 1.06. The highest BCUT2D eigenvalue weighted by molar-refractivity contribution is 9.10. The summed E-state index contributed by atoms with van der Waals surface area (Å²) in [6.45, 7) is 2.87. The average molecular weight is 662 g/mol. The highest BCUT2D eigenvalue weighted by atomic mass is 79.9. The van der Waals surface area contributed by atoms with Crippen molar-refractivity contribution in [1.82, 2.24) is 10.2 Å². The fourth-order valence-corrected chi connectivity index (χ4v) is 5.64. The van der Waals surface area contributed by atoms with Gasteiger partial charge in [0.05, 0.1) is 18.3 Å². The van der Waals surface area contributed by atoms with E-state index in [2.05, 4.69) is 21.2 Å². The van der Waals surface area contributed by atoms with Crippen LogP contribution >= 0.6 is 15.9 Å². The van der Waals surface area contributed by atoms with E-state index in [0.29, 0.717) is 5.56 Å². The van der Waals surface area contributed by atoms with E-state index in [1.165, 1.54) is 24.1 Å². The van der Waals surface area contributed by atoms with Crippen molar-refractivity contribution in [2.75, 3.05) is 24.2 Å². The molecule has 3 aromatic rings. The Morgan fingerprint density at radius 2 is 1.69 bits per heavy atom. The lowest BCUT2D eigenvalue weighted by molar-refractivity contribution is -0.384. The lowest BCUT2D eigenvalue weighted by atomic mass is 10.0. The fourth-order valence-electron chi connectivity index (χ4n) is 4.35. The molecular formula is C29H33BrN4O7S. The van der Waals surface area contributed by atoms with Gasteiger partial charge in [0.15, 0.2) is 0 Å². The minimum Gasteiger partial charge on any atom is -0.495 e. The van der Waals surface area contributed by atoms with Gasteiger partial charge in [-0.2, -0.15) is 0 Å². The Morgan fingerprint density at radius 3 is 2.26 bits per heavy atom. The second kappa shape index (κ2) is 14.3. The minimum atomic E-state index is -4.15. The van der Waals surface area contributed by atoms with E-state index in [0.717, 1.165) is 26.7 Å². The van der Waals surface area contributed by atoms with Crippen LogP contribution in [0.1, 0.15) is 25.0 Å². The number of non-ortho nitro benzene ring substituents is 1. The van der Waals surface area contributed by atoms with Crippen LogP contribution in [0.15, 0.2) is 77.3 Å². The van der Waals surface area contributed by atoms with Gasteiger partial charge in [0.25, 0.3) is 5.69 Å². The molecule has 0 bridgehead atoms. The molecule has 3 rings (SSSR count). The highest BCUT2D eigenvalue weighted by Gasteiger charge is 2.34. The summed E-state index contributed by atoms with van der Waals surface area (Å²) < 4.78 is 32.9. The molecule has 42 heavy (non-hydrogen) atoms. The molecular weight excluding hydrogens is 628 g/mol. The minimum absolute atomic E-state index is 0.00897. The predicted molar refractivity (Wildman–Crippen MR) is 164 cm³/mol. The first-order chi connectivity index (χ1) is 19.8. The Hall–Kier alpha value is -3.97. The first kappa shape index (κ1) is 32.5. The van der Waals surface area contributed by atoms with E-state index in [4.69, 9.17) is 4.74 Å². The molecule has 0 spiro atoms. The summed E-state index contributed by atoms with van der Waals surface area (Å²) in [6, 6.07) is 18.6. The SMILES string of the molecule is COc1ccc([N+](=O)[O-])cc1N(CC(=O)N(Cc1cccc(Br)c1)C(Cc1ccccc1)C(=O)NC(C)C)S(C)(=O)=O. The molecule has 1 unspecified atom stereocenters. The van der Waals surface area contributed by atoms with Gasteiger partial charge < -0.3 is 15.0 Å². The molecule has 224 valence electrons. The first-order valence-electron chi connectivity index (χ1n) is 13.0. The molecule has 13 heteroatoms. The normalized spacial score (nSPS) is 12.0. The summed E-state index contributed by atoms with van der Waals surface area (Å²) in [4.78, 5) is 39.9. The maximum atomic E-state index is 14.2.